The van der Waals surface area contributed by atoms with Gasteiger partial charge in [-0.1, -0.05) is 23.2 Å². The molecule has 2 aromatic rings. The lowest BCUT2D eigenvalue weighted by Crippen LogP contribution is -2.26. The van der Waals surface area contributed by atoms with Gasteiger partial charge in [-0.15, -0.1) is 0 Å². The fourth-order valence-electron chi connectivity index (χ4n) is 1.48. The van der Waals surface area contributed by atoms with Crippen molar-refractivity contribution in [2.75, 3.05) is 5.73 Å². The fraction of sp³-hybridized carbons (Fsp3) is 0. The molecule has 8 N–H and O–H groups in total. The Bertz CT molecular complexity index is 768. The van der Waals surface area contributed by atoms with Crippen LogP contribution in [-0.2, 0) is 0 Å². The van der Waals surface area contributed by atoms with Crippen molar-refractivity contribution < 1.29 is 0 Å². The largest absolute Gasteiger partial charge is 0.370 e. The summed E-state index contributed by atoms with van der Waals surface area (Å²) in [5.41, 5.74) is 22.0. The molecule has 0 aliphatic rings. The molecule has 0 fully saturated rings. The Balaban J connectivity index is 2.52. The van der Waals surface area contributed by atoms with E-state index in [0.29, 0.717) is 15.6 Å². The van der Waals surface area contributed by atoms with E-state index in [1.807, 2.05) is 0 Å². The molecule has 11 heteroatoms. The molecule has 1 aromatic carbocycles. The van der Waals surface area contributed by atoms with Crippen LogP contribution in [0.25, 0.3) is 11.4 Å². The average molecular weight is 340 g/mol. The van der Waals surface area contributed by atoms with Crippen LogP contribution in [0.5, 0.6) is 0 Å². The lowest BCUT2D eigenvalue weighted by atomic mass is 10.2. The van der Waals surface area contributed by atoms with Crippen molar-refractivity contribution in [2.24, 2.45) is 27.2 Å². The summed E-state index contributed by atoms with van der Waals surface area (Å²) >= 11 is 12.0. The van der Waals surface area contributed by atoms with Crippen molar-refractivity contribution in [3.05, 3.63) is 28.2 Å². The maximum atomic E-state index is 6.09. The normalized spacial score (nSPS) is 11.3. The zero-order chi connectivity index (χ0) is 16.3. The molecule has 9 nitrogen and oxygen atoms in total. The number of anilines is 1. The van der Waals surface area contributed by atoms with Gasteiger partial charge in [-0.3, -0.25) is 0 Å². The van der Waals surface area contributed by atoms with E-state index in [4.69, 9.17) is 46.1 Å². The van der Waals surface area contributed by atoms with E-state index in [-0.39, 0.29) is 29.6 Å². The number of aliphatic imine (C=N–C) groups is 2. The first-order chi connectivity index (χ1) is 10.3. The molecule has 0 aliphatic heterocycles. The van der Waals surface area contributed by atoms with Gasteiger partial charge in [-0.05, 0) is 18.2 Å². The summed E-state index contributed by atoms with van der Waals surface area (Å²) in [6, 6.07) is 4.83. The van der Waals surface area contributed by atoms with Crippen LogP contribution in [0.15, 0.2) is 28.2 Å². The number of hydrogen-bond donors (Lipinski definition) is 4. The maximum absolute atomic E-state index is 6.09. The summed E-state index contributed by atoms with van der Waals surface area (Å²) in [7, 11) is 0. The highest BCUT2D eigenvalue weighted by Gasteiger charge is 2.11. The highest BCUT2D eigenvalue weighted by Crippen LogP contribution is 2.29. The predicted octanol–water partition coefficient (Wildman–Crippen LogP) is 0.647. The molecule has 0 atom stereocenters. The van der Waals surface area contributed by atoms with Gasteiger partial charge in [0, 0.05) is 10.6 Å². The van der Waals surface area contributed by atoms with Gasteiger partial charge >= 0.3 is 0 Å². The van der Waals surface area contributed by atoms with Crippen molar-refractivity contribution in [2.45, 2.75) is 0 Å². The number of nitrogens with zero attached hydrogens (tertiary/aromatic N) is 5. The van der Waals surface area contributed by atoms with Crippen molar-refractivity contribution in [3.63, 3.8) is 0 Å². The Morgan fingerprint density at radius 3 is 2.45 bits per heavy atom. The Hall–Kier alpha value is -2.65. The molecule has 0 saturated heterocycles. The number of halogens is 2. The number of guanidine groups is 2. The Kier molecular flexibility index (Phi) is 4.59. The van der Waals surface area contributed by atoms with Gasteiger partial charge in [-0.25, -0.2) is 0 Å². The van der Waals surface area contributed by atoms with E-state index in [9.17, 15) is 0 Å². The van der Waals surface area contributed by atoms with E-state index in [2.05, 4.69) is 24.9 Å². The van der Waals surface area contributed by atoms with Gasteiger partial charge in [-0.2, -0.15) is 24.9 Å². The van der Waals surface area contributed by atoms with Crippen LogP contribution in [0.2, 0.25) is 10.0 Å². The SMILES string of the molecule is NC(N)=NC(N)=Nc1nc(N)nc(-c2cc(Cl)ccc2Cl)n1. The Morgan fingerprint density at radius 2 is 1.77 bits per heavy atom. The summed E-state index contributed by atoms with van der Waals surface area (Å²) in [5, 5.41) is 0.852. The number of aromatic nitrogens is 3. The van der Waals surface area contributed by atoms with Crippen LogP contribution < -0.4 is 22.9 Å². The summed E-state index contributed by atoms with van der Waals surface area (Å²) < 4.78 is 0. The molecule has 0 unspecified atom stereocenters. The molecule has 0 spiro atoms. The molecule has 0 saturated carbocycles. The number of benzene rings is 1. The molecule has 0 amide bonds. The van der Waals surface area contributed by atoms with Gasteiger partial charge in [0.15, 0.2) is 11.8 Å². The second-order valence-corrected chi connectivity index (χ2v) is 4.79. The first-order valence-electron chi connectivity index (χ1n) is 5.76. The zero-order valence-electron chi connectivity index (χ0n) is 11.0. The average Bonchev–Trinajstić information content (AvgIpc) is 2.39. The standard InChI is InChI=1S/C11H11Cl2N9/c12-4-1-2-6(13)5(3-4)7-18-9(16)21-11(19-7)22-10(17)20-8(14)15/h1-3H,(H8,14,15,16,17,18,19,20,21,22). The van der Waals surface area contributed by atoms with Gasteiger partial charge in [0.1, 0.15) is 0 Å². The quantitative estimate of drug-likeness (QED) is 0.459. The summed E-state index contributed by atoms with van der Waals surface area (Å²) in [4.78, 5) is 19.3. The second-order valence-electron chi connectivity index (χ2n) is 3.95. The first-order valence-corrected chi connectivity index (χ1v) is 6.51. The third-order valence-electron chi connectivity index (χ3n) is 2.27. The second kappa shape index (κ2) is 6.41. The van der Waals surface area contributed by atoms with Crippen LogP contribution in [0.3, 0.4) is 0 Å². The highest BCUT2D eigenvalue weighted by molar-refractivity contribution is 6.35. The maximum Gasteiger partial charge on any atom is 0.258 e. The van der Waals surface area contributed by atoms with E-state index in [0.717, 1.165) is 0 Å². The van der Waals surface area contributed by atoms with Crippen LogP contribution in [0.1, 0.15) is 0 Å². The van der Waals surface area contributed by atoms with Gasteiger partial charge in [0.2, 0.25) is 11.9 Å². The number of nitrogen functional groups attached to an aromatic ring is 1. The van der Waals surface area contributed by atoms with Gasteiger partial charge in [0.25, 0.3) is 5.95 Å². The molecule has 1 heterocycles. The monoisotopic (exact) mass is 339 g/mol. The lowest BCUT2D eigenvalue weighted by molar-refractivity contribution is 1.05. The lowest BCUT2D eigenvalue weighted by Gasteiger charge is -2.05. The molecular formula is C11H11Cl2N9. The minimum Gasteiger partial charge on any atom is -0.370 e. The van der Waals surface area contributed by atoms with Gasteiger partial charge < -0.3 is 22.9 Å². The van der Waals surface area contributed by atoms with Crippen LogP contribution in [-0.4, -0.2) is 26.9 Å². The van der Waals surface area contributed by atoms with Crippen LogP contribution in [0, 0.1) is 0 Å². The smallest absolute Gasteiger partial charge is 0.258 e. The fourth-order valence-corrected chi connectivity index (χ4v) is 1.85. The molecular weight excluding hydrogens is 329 g/mol. The highest BCUT2D eigenvalue weighted by atomic mass is 35.5. The molecule has 2 rings (SSSR count). The zero-order valence-corrected chi connectivity index (χ0v) is 12.5. The van der Waals surface area contributed by atoms with E-state index >= 15 is 0 Å². The topological polar surface area (TPSA) is 167 Å². The summed E-state index contributed by atoms with van der Waals surface area (Å²) in [6.45, 7) is 0. The molecule has 22 heavy (non-hydrogen) atoms. The van der Waals surface area contributed by atoms with Crippen molar-refractivity contribution in [1.82, 2.24) is 15.0 Å². The minimum atomic E-state index is -0.249. The van der Waals surface area contributed by atoms with Crippen LogP contribution in [0.4, 0.5) is 11.9 Å². The van der Waals surface area contributed by atoms with E-state index in [1.165, 1.54) is 0 Å². The van der Waals surface area contributed by atoms with Crippen molar-refractivity contribution in [1.29, 1.82) is 0 Å². The summed E-state index contributed by atoms with van der Waals surface area (Å²) in [5.74, 6) is -0.426. The molecule has 0 bridgehead atoms. The van der Waals surface area contributed by atoms with Gasteiger partial charge in [0.05, 0.1) is 5.02 Å². The van der Waals surface area contributed by atoms with Crippen molar-refractivity contribution in [3.8, 4) is 11.4 Å². The third-order valence-corrected chi connectivity index (χ3v) is 2.83. The van der Waals surface area contributed by atoms with E-state index in [1.54, 1.807) is 18.2 Å². The van der Waals surface area contributed by atoms with Crippen LogP contribution >= 0.6 is 23.2 Å². The minimum absolute atomic E-state index is 0.0685. The van der Waals surface area contributed by atoms with Crippen molar-refractivity contribution >= 4 is 47.0 Å². The number of hydrogen-bond acceptors (Lipinski definition) is 5. The summed E-state index contributed by atoms with van der Waals surface area (Å²) in [6.07, 6.45) is 0. The Morgan fingerprint density at radius 1 is 1.05 bits per heavy atom. The first kappa shape index (κ1) is 15.7. The third kappa shape index (κ3) is 3.93. The molecule has 1 aromatic heterocycles. The predicted molar refractivity (Wildman–Crippen MR) is 86.8 cm³/mol. The molecule has 0 aliphatic carbocycles. The molecule has 114 valence electrons. The Labute approximate surface area is 135 Å². The number of rotatable bonds is 2. The molecule has 0 radical (unpaired) electrons. The van der Waals surface area contributed by atoms with E-state index < -0.39 is 0 Å². The number of nitrogens with two attached hydrogens (primary N) is 4.